The highest BCUT2D eigenvalue weighted by molar-refractivity contribution is 6.36. The third kappa shape index (κ3) is 4.52. The molecule has 0 saturated carbocycles. The molecule has 0 radical (unpaired) electrons. The van der Waals surface area contributed by atoms with Gasteiger partial charge in [0.1, 0.15) is 11.5 Å². The molecule has 0 atom stereocenters. The molecule has 2 aromatic carbocycles. The van der Waals surface area contributed by atoms with Crippen LogP contribution in [0.15, 0.2) is 64.1 Å². The van der Waals surface area contributed by atoms with Gasteiger partial charge in [-0.3, -0.25) is 14.9 Å². The number of nitrogens with one attached hydrogen (secondary N) is 1. The molecule has 0 aliphatic heterocycles. The number of non-ortho nitro benzene ring substituents is 1. The molecule has 0 bridgehead atoms. The van der Waals surface area contributed by atoms with E-state index < -0.39 is 10.8 Å². The number of nitro benzene ring substituents is 1. The SMILES string of the molecule is O=C(N/N=C\c1ccc(-c2ccc(Cl)cc2Cl)o1)c1ccc([N+](=O)[O-])cc1. The number of hydrazone groups is 1. The quantitative estimate of drug-likeness (QED) is 0.371. The van der Waals surface area contributed by atoms with E-state index in [9.17, 15) is 14.9 Å². The van der Waals surface area contributed by atoms with Gasteiger partial charge in [-0.05, 0) is 42.5 Å². The molecule has 136 valence electrons. The lowest BCUT2D eigenvalue weighted by atomic mass is 10.2. The van der Waals surface area contributed by atoms with Crippen molar-refractivity contribution in [3.63, 3.8) is 0 Å². The Kier molecular flexibility index (Phi) is 5.54. The second kappa shape index (κ2) is 8.03. The Morgan fingerprint density at radius 2 is 1.85 bits per heavy atom. The van der Waals surface area contributed by atoms with Gasteiger partial charge in [0.05, 0.1) is 16.2 Å². The van der Waals surface area contributed by atoms with E-state index in [0.717, 1.165) is 0 Å². The maximum atomic E-state index is 12.0. The molecule has 0 aliphatic carbocycles. The van der Waals surface area contributed by atoms with Gasteiger partial charge >= 0.3 is 0 Å². The van der Waals surface area contributed by atoms with E-state index in [2.05, 4.69) is 10.5 Å². The van der Waals surface area contributed by atoms with Crippen molar-refractivity contribution in [3.8, 4) is 11.3 Å². The standard InChI is InChI=1S/C18H11Cl2N3O4/c19-12-3-7-15(16(20)9-12)17-8-6-14(27-17)10-21-22-18(24)11-1-4-13(5-2-11)23(25)26/h1-10H,(H,22,24)/b21-10-. The van der Waals surface area contributed by atoms with Crippen LogP contribution < -0.4 is 5.43 Å². The summed E-state index contributed by atoms with van der Waals surface area (Å²) in [6.45, 7) is 0. The molecule has 27 heavy (non-hydrogen) atoms. The minimum atomic E-state index is -0.540. The van der Waals surface area contributed by atoms with Crippen molar-refractivity contribution in [2.45, 2.75) is 0 Å². The van der Waals surface area contributed by atoms with Gasteiger partial charge in [-0.1, -0.05) is 23.2 Å². The molecule has 7 nitrogen and oxygen atoms in total. The third-order valence-corrected chi connectivity index (χ3v) is 4.07. The van der Waals surface area contributed by atoms with Gasteiger partial charge in [-0.2, -0.15) is 5.10 Å². The molecule has 3 aromatic rings. The fourth-order valence-corrected chi connectivity index (χ4v) is 2.71. The largest absolute Gasteiger partial charge is 0.455 e. The average Bonchev–Trinajstić information content (AvgIpc) is 3.10. The van der Waals surface area contributed by atoms with Crippen LogP contribution in [0.2, 0.25) is 10.0 Å². The van der Waals surface area contributed by atoms with E-state index in [1.54, 1.807) is 30.3 Å². The summed E-state index contributed by atoms with van der Waals surface area (Å²) in [5.74, 6) is 0.425. The summed E-state index contributed by atoms with van der Waals surface area (Å²) < 4.78 is 5.62. The number of halogens is 2. The lowest BCUT2D eigenvalue weighted by molar-refractivity contribution is -0.384. The maximum Gasteiger partial charge on any atom is 0.271 e. The summed E-state index contributed by atoms with van der Waals surface area (Å²) in [6.07, 6.45) is 1.33. The second-order valence-electron chi connectivity index (χ2n) is 5.33. The van der Waals surface area contributed by atoms with Crippen LogP contribution in [-0.2, 0) is 0 Å². The van der Waals surface area contributed by atoms with Crippen LogP contribution in [0.1, 0.15) is 16.1 Å². The Labute approximate surface area is 163 Å². The van der Waals surface area contributed by atoms with E-state index in [4.69, 9.17) is 27.6 Å². The van der Waals surface area contributed by atoms with Crippen molar-refractivity contribution in [2.24, 2.45) is 5.10 Å². The Balaban J connectivity index is 1.65. The molecule has 1 heterocycles. The molecule has 1 aromatic heterocycles. The molecule has 0 unspecified atom stereocenters. The smallest absolute Gasteiger partial charge is 0.271 e. The maximum absolute atomic E-state index is 12.0. The molecule has 3 rings (SSSR count). The van der Waals surface area contributed by atoms with E-state index >= 15 is 0 Å². The van der Waals surface area contributed by atoms with Crippen molar-refractivity contribution >= 4 is 41.0 Å². The van der Waals surface area contributed by atoms with Crippen molar-refractivity contribution in [1.29, 1.82) is 0 Å². The molecule has 9 heteroatoms. The first kappa shape index (κ1) is 18.6. The predicted molar refractivity (Wildman–Crippen MR) is 102 cm³/mol. The summed E-state index contributed by atoms with van der Waals surface area (Å²) in [6, 6.07) is 13.6. The summed E-state index contributed by atoms with van der Waals surface area (Å²) in [5.41, 5.74) is 3.14. The first-order valence-corrected chi connectivity index (χ1v) is 8.33. The summed E-state index contributed by atoms with van der Waals surface area (Å²) in [5, 5.41) is 15.4. The van der Waals surface area contributed by atoms with Crippen LogP contribution >= 0.6 is 23.2 Å². The normalized spacial score (nSPS) is 10.9. The van der Waals surface area contributed by atoms with Crippen LogP contribution in [0.3, 0.4) is 0 Å². The number of nitrogens with zero attached hydrogens (tertiary/aromatic N) is 2. The number of carbonyl (C=O) groups is 1. The minimum absolute atomic E-state index is 0.0981. The van der Waals surface area contributed by atoms with Gasteiger partial charge in [0.2, 0.25) is 0 Å². The monoisotopic (exact) mass is 403 g/mol. The Hall–Kier alpha value is -3.16. The molecule has 0 saturated heterocycles. The predicted octanol–water partition coefficient (Wildman–Crippen LogP) is 4.93. The van der Waals surface area contributed by atoms with Crippen LogP contribution in [0.25, 0.3) is 11.3 Å². The topological polar surface area (TPSA) is 97.7 Å². The number of rotatable bonds is 5. The number of hydrogen-bond donors (Lipinski definition) is 1. The molecular formula is C18H11Cl2N3O4. The van der Waals surface area contributed by atoms with Crippen LogP contribution in [0.4, 0.5) is 5.69 Å². The highest BCUT2D eigenvalue weighted by Crippen LogP contribution is 2.31. The number of amides is 1. The highest BCUT2D eigenvalue weighted by Gasteiger charge is 2.10. The van der Waals surface area contributed by atoms with E-state index in [1.807, 2.05) is 0 Å². The van der Waals surface area contributed by atoms with Crippen molar-refractivity contribution in [1.82, 2.24) is 5.43 Å². The molecule has 1 amide bonds. The van der Waals surface area contributed by atoms with Crippen molar-refractivity contribution < 1.29 is 14.1 Å². The number of furan rings is 1. The number of carbonyl (C=O) groups excluding carboxylic acids is 1. The molecule has 0 fully saturated rings. The first-order valence-electron chi connectivity index (χ1n) is 7.57. The zero-order chi connectivity index (χ0) is 19.4. The van der Waals surface area contributed by atoms with Gasteiger partial charge in [0.15, 0.2) is 0 Å². The fraction of sp³-hybridized carbons (Fsp3) is 0. The molecular weight excluding hydrogens is 393 g/mol. The third-order valence-electron chi connectivity index (χ3n) is 3.52. The first-order chi connectivity index (χ1) is 12.9. The van der Waals surface area contributed by atoms with Crippen LogP contribution in [0.5, 0.6) is 0 Å². The van der Waals surface area contributed by atoms with Crippen molar-refractivity contribution in [2.75, 3.05) is 0 Å². The van der Waals surface area contributed by atoms with Gasteiger partial charge < -0.3 is 4.42 Å². The van der Waals surface area contributed by atoms with Crippen LogP contribution in [0, 0.1) is 10.1 Å². The van der Waals surface area contributed by atoms with E-state index in [-0.39, 0.29) is 11.3 Å². The second-order valence-corrected chi connectivity index (χ2v) is 6.17. The Bertz CT molecular complexity index is 1030. The molecule has 1 N–H and O–H groups in total. The number of hydrogen-bond acceptors (Lipinski definition) is 5. The lowest BCUT2D eigenvalue weighted by Gasteiger charge is -2.01. The summed E-state index contributed by atoms with van der Waals surface area (Å²) in [4.78, 5) is 22.0. The molecule has 0 aliphatic rings. The number of nitro groups is 1. The number of benzene rings is 2. The minimum Gasteiger partial charge on any atom is -0.455 e. The Morgan fingerprint density at radius 1 is 1.11 bits per heavy atom. The zero-order valence-electron chi connectivity index (χ0n) is 13.6. The average molecular weight is 404 g/mol. The Morgan fingerprint density at radius 3 is 2.52 bits per heavy atom. The molecule has 0 spiro atoms. The van der Waals surface area contributed by atoms with E-state index in [0.29, 0.717) is 27.1 Å². The highest BCUT2D eigenvalue weighted by atomic mass is 35.5. The van der Waals surface area contributed by atoms with Gasteiger partial charge in [0.25, 0.3) is 11.6 Å². The van der Waals surface area contributed by atoms with Gasteiger partial charge in [-0.25, -0.2) is 5.43 Å². The van der Waals surface area contributed by atoms with Gasteiger partial charge in [-0.15, -0.1) is 0 Å². The van der Waals surface area contributed by atoms with Crippen LogP contribution in [-0.4, -0.2) is 17.0 Å². The van der Waals surface area contributed by atoms with Gasteiger partial charge in [0, 0.05) is 28.3 Å². The lowest BCUT2D eigenvalue weighted by Crippen LogP contribution is -2.17. The van der Waals surface area contributed by atoms with Crippen molar-refractivity contribution in [3.05, 3.63) is 86.1 Å². The van der Waals surface area contributed by atoms with E-state index in [1.165, 1.54) is 30.5 Å². The zero-order valence-corrected chi connectivity index (χ0v) is 15.1. The summed E-state index contributed by atoms with van der Waals surface area (Å²) >= 11 is 12.0. The fourth-order valence-electron chi connectivity index (χ4n) is 2.21. The summed E-state index contributed by atoms with van der Waals surface area (Å²) in [7, 11) is 0.